The number of nitrogens with one attached hydrogen (secondary N) is 1. The lowest BCUT2D eigenvalue weighted by atomic mass is 10.1. The second-order valence-electron chi connectivity index (χ2n) is 6.33. The van der Waals surface area contributed by atoms with Gasteiger partial charge < -0.3 is 15.0 Å². The van der Waals surface area contributed by atoms with Crippen molar-refractivity contribution < 1.29 is 14.3 Å². The van der Waals surface area contributed by atoms with Crippen molar-refractivity contribution in [1.82, 2.24) is 4.90 Å². The molecule has 0 spiro atoms. The standard InChI is InChI=1S/C20H23N3O3/c1-22-11-4-12-23(20(22)25)17-9-7-16(8-10-17)21-19(24)14-15-5-3-6-18(13-15)26-2/h3,5-10,13H,4,11-12,14H2,1-2H3,(H,21,24). The number of carbonyl (C=O) groups excluding carboxylic acids is 2. The summed E-state index contributed by atoms with van der Waals surface area (Å²) in [4.78, 5) is 27.9. The molecule has 6 nitrogen and oxygen atoms in total. The van der Waals surface area contributed by atoms with Crippen molar-refractivity contribution in [2.24, 2.45) is 0 Å². The van der Waals surface area contributed by atoms with Gasteiger partial charge in [-0.15, -0.1) is 0 Å². The van der Waals surface area contributed by atoms with Crippen LogP contribution >= 0.6 is 0 Å². The van der Waals surface area contributed by atoms with E-state index in [1.54, 1.807) is 16.9 Å². The van der Waals surface area contributed by atoms with Crippen molar-refractivity contribution >= 4 is 23.3 Å². The van der Waals surface area contributed by atoms with Crippen molar-refractivity contribution in [3.63, 3.8) is 0 Å². The lowest BCUT2D eigenvalue weighted by Crippen LogP contribution is -2.47. The van der Waals surface area contributed by atoms with Crippen molar-refractivity contribution in [3.8, 4) is 5.75 Å². The van der Waals surface area contributed by atoms with Crippen molar-refractivity contribution in [3.05, 3.63) is 54.1 Å². The molecule has 3 rings (SSSR count). The molecule has 1 N–H and O–H groups in total. The van der Waals surface area contributed by atoms with E-state index in [0.29, 0.717) is 12.2 Å². The first kappa shape index (κ1) is 17.8. The molecule has 6 heteroatoms. The minimum atomic E-state index is -0.0974. The Hall–Kier alpha value is -3.02. The van der Waals surface area contributed by atoms with Gasteiger partial charge in [0.15, 0.2) is 0 Å². The van der Waals surface area contributed by atoms with Gasteiger partial charge in [0.2, 0.25) is 5.91 Å². The number of hydrogen-bond acceptors (Lipinski definition) is 3. The molecular formula is C20H23N3O3. The van der Waals surface area contributed by atoms with Gasteiger partial charge in [-0.1, -0.05) is 12.1 Å². The highest BCUT2D eigenvalue weighted by Crippen LogP contribution is 2.22. The molecule has 0 saturated carbocycles. The number of hydrogen-bond donors (Lipinski definition) is 1. The second kappa shape index (κ2) is 7.91. The van der Waals surface area contributed by atoms with E-state index in [-0.39, 0.29) is 18.4 Å². The summed E-state index contributed by atoms with van der Waals surface area (Å²) >= 11 is 0. The van der Waals surface area contributed by atoms with E-state index in [1.165, 1.54) is 0 Å². The average molecular weight is 353 g/mol. The predicted molar refractivity (Wildman–Crippen MR) is 102 cm³/mol. The number of amides is 3. The minimum absolute atomic E-state index is 0.00561. The zero-order valence-corrected chi connectivity index (χ0v) is 15.1. The molecular weight excluding hydrogens is 330 g/mol. The Balaban J connectivity index is 1.61. The first-order chi connectivity index (χ1) is 12.6. The molecule has 1 aliphatic heterocycles. The Bertz CT molecular complexity index is 789. The number of rotatable bonds is 5. The fourth-order valence-electron chi connectivity index (χ4n) is 3.00. The van der Waals surface area contributed by atoms with Crippen LogP contribution in [0.2, 0.25) is 0 Å². The van der Waals surface area contributed by atoms with Crippen LogP contribution in [0.15, 0.2) is 48.5 Å². The second-order valence-corrected chi connectivity index (χ2v) is 6.33. The van der Waals surface area contributed by atoms with Crippen LogP contribution in [-0.4, -0.2) is 44.1 Å². The molecule has 3 amide bonds. The number of anilines is 2. The van der Waals surface area contributed by atoms with Crippen LogP contribution in [0.5, 0.6) is 5.75 Å². The molecule has 1 saturated heterocycles. The quantitative estimate of drug-likeness (QED) is 0.898. The summed E-state index contributed by atoms with van der Waals surface area (Å²) in [5, 5.41) is 2.88. The van der Waals surface area contributed by atoms with Gasteiger partial charge in [-0.2, -0.15) is 0 Å². The normalized spacial score (nSPS) is 14.3. The zero-order chi connectivity index (χ0) is 18.5. The maximum absolute atomic E-state index is 12.2. The van der Waals surface area contributed by atoms with E-state index in [0.717, 1.165) is 30.0 Å². The van der Waals surface area contributed by atoms with Crippen molar-refractivity contribution in [1.29, 1.82) is 0 Å². The van der Waals surface area contributed by atoms with Gasteiger partial charge in [0.05, 0.1) is 13.5 Å². The molecule has 0 radical (unpaired) electrons. The number of benzene rings is 2. The summed E-state index contributed by atoms with van der Waals surface area (Å²) in [5.74, 6) is 0.635. The van der Waals surface area contributed by atoms with Gasteiger partial charge in [0.1, 0.15) is 5.75 Å². The number of nitrogens with zero attached hydrogens (tertiary/aromatic N) is 2. The molecule has 26 heavy (non-hydrogen) atoms. The molecule has 1 fully saturated rings. The summed E-state index contributed by atoms with van der Waals surface area (Å²) in [5.41, 5.74) is 2.44. The minimum Gasteiger partial charge on any atom is -0.497 e. The van der Waals surface area contributed by atoms with Crippen LogP contribution in [0.3, 0.4) is 0 Å². The smallest absolute Gasteiger partial charge is 0.324 e. The molecule has 0 aromatic heterocycles. The summed E-state index contributed by atoms with van der Waals surface area (Å²) in [6, 6.07) is 14.8. The van der Waals surface area contributed by atoms with Crippen LogP contribution in [0, 0.1) is 0 Å². The highest BCUT2D eigenvalue weighted by atomic mass is 16.5. The van der Waals surface area contributed by atoms with E-state index in [2.05, 4.69) is 5.32 Å². The first-order valence-corrected chi connectivity index (χ1v) is 8.62. The average Bonchev–Trinajstić information content (AvgIpc) is 2.65. The summed E-state index contributed by atoms with van der Waals surface area (Å²) in [7, 11) is 3.41. The van der Waals surface area contributed by atoms with E-state index >= 15 is 0 Å². The van der Waals surface area contributed by atoms with Crippen LogP contribution in [-0.2, 0) is 11.2 Å². The molecule has 2 aromatic carbocycles. The van der Waals surface area contributed by atoms with Crippen LogP contribution in [0.1, 0.15) is 12.0 Å². The van der Waals surface area contributed by atoms with Crippen molar-refractivity contribution in [2.75, 3.05) is 37.5 Å². The number of ether oxygens (including phenoxy) is 1. The van der Waals surface area contributed by atoms with Gasteiger partial charge in [0.25, 0.3) is 0 Å². The molecule has 1 aliphatic rings. The number of urea groups is 1. The maximum Gasteiger partial charge on any atom is 0.324 e. The first-order valence-electron chi connectivity index (χ1n) is 8.62. The van der Waals surface area contributed by atoms with E-state index in [9.17, 15) is 9.59 Å². The Morgan fingerprint density at radius 3 is 2.65 bits per heavy atom. The van der Waals surface area contributed by atoms with Gasteiger partial charge in [-0.05, 0) is 48.4 Å². The fourth-order valence-corrected chi connectivity index (χ4v) is 3.00. The third-order valence-corrected chi connectivity index (χ3v) is 4.39. The van der Waals surface area contributed by atoms with E-state index < -0.39 is 0 Å². The number of carbonyl (C=O) groups is 2. The van der Waals surface area contributed by atoms with E-state index in [4.69, 9.17) is 4.74 Å². The molecule has 1 heterocycles. The van der Waals surface area contributed by atoms with Crippen LogP contribution in [0.4, 0.5) is 16.2 Å². The maximum atomic E-state index is 12.2. The predicted octanol–water partition coefficient (Wildman–Crippen LogP) is 3.14. The van der Waals surface area contributed by atoms with Gasteiger partial charge >= 0.3 is 6.03 Å². The van der Waals surface area contributed by atoms with Crippen LogP contribution in [0.25, 0.3) is 0 Å². The Morgan fingerprint density at radius 1 is 1.15 bits per heavy atom. The summed E-state index contributed by atoms with van der Waals surface area (Å²) in [6.45, 7) is 1.50. The molecule has 0 atom stereocenters. The molecule has 0 unspecified atom stereocenters. The highest BCUT2D eigenvalue weighted by Gasteiger charge is 2.23. The lowest BCUT2D eigenvalue weighted by molar-refractivity contribution is -0.115. The monoisotopic (exact) mass is 353 g/mol. The van der Waals surface area contributed by atoms with Gasteiger partial charge in [-0.25, -0.2) is 4.79 Å². The van der Waals surface area contributed by atoms with Crippen molar-refractivity contribution in [2.45, 2.75) is 12.8 Å². The Morgan fingerprint density at radius 2 is 1.92 bits per heavy atom. The van der Waals surface area contributed by atoms with E-state index in [1.807, 2.05) is 55.6 Å². The van der Waals surface area contributed by atoms with Crippen LogP contribution < -0.4 is 15.0 Å². The molecule has 2 aromatic rings. The van der Waals surface area contributed by atoms with Gasteiger partial charge in [-0.3, -0.25) is 9.69 Å². The summed E-state index contributed by atoms with van der Waals surface area (Å²) < 4.78 is 5.17. The Labute approximate surface area is 153 Å². The molecule has 0 aliphatic carbocycles. The molecule has 0 bridgehead atoms. The zero-order valence-electron chi connectivity index (χ0n) is 15.1. The SMILES string of the molecule is COc1cccc(CC(=O)Nc2ccc(N3CCCN(C)C3=O)cc2)c1. The highest BCUT2D eigenvalue weighted by molar-refractivity contribution is 5.94. The van der Waals surface area contributed by atoms with Gasteiger partial charge in [0, 0.05) is 31.5 Å². The Kier molecular flexibility index (Phi) is 5.41. The molecule has 136 valence electrons. The summed E-state index contributed by atoms with van der Waals surface area (Å²) in [6.07, 6.45) is 1.22. The topological polar surface area (TPSA) is 61.9 Å². The third kappa shape index (κ3) is 4.14. The lowest BCUT2D eigenvalue weighted by Gasteiger charge is -2.33. The largest absolute Gasteiger partial charge is 0.497 e. The number of methoxy groups -OCH3 is 1. The fraction of sp³-hybridized carbons (Fsp3) is 0.300. The third-order valence-electron chi connectivity index (χ3n) is 4.39.